The van der Waals surface area contributed by atoms with Crippen molar-refractivity contribution >= 4 is 55.7 Å². The highest BCUT2D eigenvalue weighted by Gasteiger charge is 2.48. The van der Waals surface area contributed by atoms with Crippen LogP contribution in [0.25, 0.3) is 16.0 Å². The van der Waals surface area contributed by atoms with Crippen molar-refractivity contribution in [3.05, 3.63) is 88.7 Å². The summed E-state index contributed by atoms with van der Waals surface area (Å²) < 4.78 is 6.38. The van der Waals surface area contributed by atoms with E-state index in [1.165, 1.54) is 16.2 Å². The Bertz CT molecular complexity index is 1430. The van der Waals surface area contributed by atoms with Crippen LogP contribution in [0.3, 0.4) is 0 Å². The lowest BCUT2D eigenvalue weighted by Crippen LogP contribution is -2.29. The van der Waals surface area contributed by atoms with E-state index in [0.29, 0.717) is 39.2 Å². The first-order valence-corrected chi connectivity index (χ1v) is 11.7. The third-order valence-electron chi connectivity index (χ3n) is 5.45. The van der Waals surface area contributed by atoms with Gasteiger partial charge in [0.2, 0.25) is 0 Å². The molecule has 0 aliphatic carbocycles. The summed E-state index contributed by atoms with van der Waals surface area (Å²) >= 11 is 7.25. The number of hydrogen-bond donors (Lipinski definition) is 1. The minimum absolute atomic E-state index is 0.0206. The van der Waals surface area contributed by atoms with Crippen molar-refractivity contribution < 1.29 is 19.4 Å². The summed E-state index contributed by atoms with van der Waals surface area (Å²) in [5.41, 5.74) is 1.66. The number of aliphatic hydroxyl groups is 1. The number of halogens is 1. The lowest BCUT2D eigenvalue weighted by molar-refractivity contribution is -0.132. The van der Waals surface area contributed by atoms with Gasteiger partial charge in [0.15, 0.2) is 5.13 Å². The number of fused-ring (bicyclic) bond motifs is 1. The number of rotatable bonds is 5. The van der Waals surface area contributed by atoms with Crippen LogP contribution in [-0.4, -0.2) is 33.4 Å². The number of hydrogen-bond acceptors (Lipinski definition) is 7. The van der Waals surface area contributed by atoms with Crippen LogP contribution >= 0.6 is 22.9 Å². The Balaban J connectivity index is 1.68. The minimum atomic E-state index is -0.870. The first-order valence-electron chi connectivity index (χ1n) is 10.5. The molecule has 2 aromatic heterocycles. The van der Waals surface area contributed by atoms with Crippen molar-refractivity contribution in [2.24, 2.45) is 0 Å². The minimum Gasteiger partial charge on any atom is -0.507 e. The Labute approximate surface area is 203 Å². The quantitative estimate of drug-likeness (QED) is 0.229. The summed E-state index contributed by atoms with van der Waals surface area (Å²) in [6.07, 6.45) is 3.15. The Hall–Kier alpha value is -3.75. The number of Topliss-reactive ketones (excluding diaryl/α,β-unsaturated/α-hetero) is 1. The number of pyridine rings is 1. The number of aromatic nitrogens is 2. The summed E-state index contributed by atoms with van der Waals surface area (Å²) in [6.45, 7) is 2.43. The lowest BCUT2D eigenvalue weighted by atomic mass is 9.96. The molecule has 34 heavy (non-hydrogen) atoms. The maximum absolute atomic E-state index is 13.3. The molecule has 1 atom stereocenters. The normalized spacial score (nSPS) is 17.5. The number of carbonyl (C=O) groups is 2. The van der Waals surface area contributed by atoms with Crippen LogP contribution in [0, 0.1) is 0 Å². The molecule has 4 aromatic rings. The van der Waals surface area contributed by atoms with E-state index in [1.54, 1.807) is 48.8 Å². The first kappa shape index (κ1) is 22.1. The SMILES string of the molecule is CCOc1ccc2nc(N3C(=O)C(=O)C(=C(O)c4ccc(Cl)cc4)C3c3ccncc3)sc2c1. The smallest absolute Gasteiger partial charge is 0.301 e. The van der Waals surface area contributed by atoms with Gasteiger partial charge in [-0.2, -0.15) is 0 Å². The molecule has 170 valence electrons. The zero-order chi connectivity index (χ0) is 23.8. The second-order valence-electron chi connectivity index (χ2n) is 7.52. The second-order valence-corrected chi connectivity index (χ2v) is 8.96. The highest BCUT2D eigenvalue weighted by molar-refractivity contribution is 7.22. The molecule has 1 fully saturated rings. The molecule has 1 aliphatic rings. The molecule has 0 saturated carbocycles. The van der Waals surface area contributed by atoms with Gasteiger partial charge in [-0.1, -0.05) is 22.9 Å². The van der Waals surface area contributed by atoms with E-state index in [9.17, 15) is 14.7 Å². The van der Waals surface area contributed by atoms with Crippen molar-refractivity contribution in [2.75, 3.05) is 11.5 Å². The average Bonchev–Trinajstić information content (AvgIpc) is 3.38. The first-order chi connectivity index (χ1) is 16.5. The van der Waals surface area contributed by atoms with Crippen LogP contribution in [0.4, 0.5) is 5.13 Å². The van der Waals surface area contributed by atoms with E-state index in [2.05, 4.69) is 9.97 Å². The van der Waals surface area contributed by atoms with E-state index in [-0.39, 0.29) is 11.3 Å². The second kappa shape index (κ2) is 8.89. The summed E-state index contributed by atoms with van der Waals surface area (Å²) in [4.78, 5) is 36.5. The molecule has 1 unspecified atom stereocenters. The molecule has 1 saturated heterocycles. The fourth-order valence-electron chi connectivity index (χ4n) is 3.91. The molecular formula is C25H18ClN3O4S. The molecule has 9 heteroatoms. The Kier molecular flexibility index (Phi) is 5.77. The number of thiazole rings is 1. The molecular weight excluding hydrogens is 474 g/mol. The van der Waals surface area contributed by atoms with Gasteiger partial charge in [0.25, 0.3) is 5.78 Å². The molecule has 0 spiro atoms. The van der Waals surface area contributed by atoms with Crippen molar-refractivity contribution in [3.63, 3.8) is 0 Å². The third kappa shape index (κ3) is 3.81. The predicted molar refractivity (Wildman–Crippen MR) is 131 cm³/mol. The van der Waals surface area contributed by atoms with Gasteiger partial charge in [0.05, 0.1) is 28.4 Å². The number of amides is 1. The highest BCUT2D eigenvalue weighted by atomic mass is 35.5. The number of anilines is 1. The van der Waals surface area contributed by atoms with Gasteiger partial charge in [-0.15, -0.1) is 0 Å². The monoisotopic (exact) mass is 491 g/mol. The van der Waals surface area contributed by atoms with E-state index in [1.807, 2.05) is 25.1 Å². The van der Waals surface area contributed by atoms with E-state index < -0.39 is 17.7 Å². The van der Waals surface area contributed by atoms with E-state index in [4.69, 9.17) is 16.3 Å². The number of benzene rings is 2. The van der Waals surface area contributed by atoms with Gasteiger partial charge < -0.3 is 9.84 Å². The molecule has 5 rings (SSSR count). The maximum Gasteiger partial charge on any atom is 0.301 e. The van der Waals surface area contributed by atoms with Crippen LogP contribution in [0.2, 0.25) is 5.02 Å². The Morgan fingerprint density at radius 1 is 1.12 bits per heavy atom. The summed E-state index contributed by atoms with van der Waals surface area (Å²) in [5, 5.41) is 12.0. The molecule has 2 aromatic carbocycles. The Morgan fingerprint density at radius 2 is 1.85 bits per heavy atom. The van der Waals surface area contributed by atoms with Crippen molar-refractivity contribution in [2.45, 2.75) is 13.0 Å². The number of ketones is 1. The zero-order valence-electron chi connectivity index (χ0n) is 17.9. The fourth-order valence-corrected chi connectivity index (χ4v) is 5.05. The van der Waals surface area contributed by atoms with Gasteiger partial charge >= 0.3 is 5.91 Å². The topological polar surface area (TPSA) is 92.6 Å². The molecule has 0 bridgehead atoms. The average molecular weight is 492 g/mol. The van der Waals surface area contributed by atoms with Crippen molar-refractivity contribution in [1.82, 2.24) is 9.97 Å². The summed E-state index contributed by atoms with van der Waals surface area (Å²) in [7, 11) is 0. The summed E-state index contributed by atoms with van der Waals surface area (Å²) in [6, 6.07) is 14.4. The van der Waals surface area contributed by atoms with E-state index >= 15 is 0 Å². The van der Waals surface area contributed by atoms with Gasteiger partial charge in [-0.25, -0.2) is 4.98 Å². The third-order valence-corrected chi connectivity index (χ3v) is 6.72. The molecule has 1 aliphatic heterocycles. The van der Waals surface area contributed by atoms with Crippen LogP contribution in [0.5, 0.6) is 5.75 Å². The maximum atomic E-state index is 13.3. The van der Waals surface area contributed by atoms with Gasteiger partial charge in [-0.3, -0.25) is 19.5 Å². The molecule has 7 nitrogen and oxygen atoms in total. The largest absolute Gasteiger partial charge is 0.507 e. The van der Waals surface area contributed by atoms with Gasteiger partial charge in [-0.05, 0) is 67.1 Å². The van der Waals surface area contributed by atoms with Crippen molar-refractivity contribution in [1.29, 1.82) is 0 Å². The molecule has 1 N–H and O–H groups in total. The van der Waals surface area contributed by atoms with Crippen LogP contribution in [0.1, 0.15) is 24.1 Å². The molecule has 0 radical (unpaired) electrons. The fraction of sp³-hybridized carbons (Fsp3) is 0.120. The molecule has 3 heterocycles. The van der Waals surface area contributed by atoms with Crippen LogP contribution in [-0.2, 0) is 9.59 Å². The number of ether oxygens (including phenoxy) is 1. The predicted octanol–water partition coefficient (Wildman–Crippen LogP) is 5.37. The highest BCUT2D eigenvalue weighted by Crippen LogP contribution is 2.44. The Morgan fingerprint density at radius 3 is 2.56 bits per heavy atom. The lowest BCUT2D eigenvalue weighted by Gasteiger charge is -2.22. The number of carbonyl (C=O) groups excluding carboxylic acids is 2. The van der Waals surface area contributed by atoms with Gasteiger partial charge in [0, 0.05) is 23.0 Å². The zero-order valence-corrected chi connectivity index (χ0v) is 19.5. The van der Waals surface area contributed by atoms with Gasteiger partial charge in [0.1, 0.15) is 11.5 Å². The van der Waals surface area contributed by atoms with Crippen LogP contribution < -0.4 is 9.64 Å². The summed E-state index contributed by atoms with van der Waals surface area (Å²) in [5.74, 6) is -1.13. The number of aliphatic hydroxyl groups excluding tert-OH is 1. The standard InChI is InChI=1S/C25H18ClN3O4S/c1-2-33-17-7-8-18-19(13-17)34-25(28-18)29-21(14-9-11-27-12-10-14)20(23(31)24(29)32)22(30)15-3-5-16(26)6-4-15/h3-13,21,30H,2H2,1H3. The van der Waals surface area contributed by atoms with Crippen LogP contribution in [0.15, 0.2) is 72.6 Å². The number of nitrogens with zero attached hydrogens (tertiary/aromatic N) is 3. The van der Waals surface area contributed by atoms with E-state index in [0.717, 1.165) is 4.70 Å². The molecule has 1 amide bonds. The van der Waals surface area contributed by atoms with Crippen molar-refractivity contribution in [3.8, 4) is 5.75 Å².